The van der Waals surface area contributed by atoms with Gasteiger partial charge in [-0.05, 0) is 56.1 Å². The molecule has 1 saturated carbocycles. The lowest BCUT2D eigenvalue weighted by Gasteiger charge is -2.18. The number of methoxy groups -OCH3 is 1. The molecule has 0 spiro atoms. The summed E-state index contributed by atoms with van der Waals surface area (Å²) in [5, 5.41) is 32.9. The number of aromatic amines is 1. The second kappa shape index (κ2) is 17.3. The topological polar surface area (TPSA) is 235 Å². The van der Waals surface area contributed by atoms with Gasteiger partial charge in [-0.3, -0.25) is 9.78 Å². The molecular weight excluding hydrogens is 894 g/mol. The smallest absolute Gasteiger partial charge is 0.407 e. The predicted molar refractivity (Wildman–Crippen MR) is 222 cm³/mol. The first-order valence-corrected chi connectivity index (χ1v) is 21.1. The van der Waals surface area contributed by atoms with Crippen LogP contribution in [0.2, 0.25) is 0 Å². The molecule has 6 aromatic rings. The Bertz CT molecular complexity index is 2640. The first kappa shape index (κ1) is 42.3. The number of rotatable bonds is 14. The molecule has 1 aliphatic carbocycles. The van der Waals surface area contributed by atoms with Gasteiger partial charge in [-0.1, -0.05) is 0 Å². The molecule has 0 radical (unpaired) electrons. The van der Waals surface area contributed by atoms with E-state index in [9.17, 15) is 9.59 Å². The lowest BCUT2D eigenvalue weighted by atomic mass is 10.1. The summed E-state index contributed by atoms with van der Waals surface area (Å²) in [6.07, 6.45) is -1.88. The SMILES string of the molecule is COCc1cc2c(Nc3cc([C@@H]4OC[C@H](OC(=O)NC(C)C)[C@H]4F)[nH]n3)nc(C3CC3n3nc(Nc4nccn5ncc(Br)c45)cc3[C@@H]3OC[C@H](OC(=O)NC(C)C)[C@@H]3F)cn2n1. The van der Waals surface area contributed by atoms with Gasteiger partial charge < -0.3 is 45.0 Å². The van der Waals surface area contributed by atoms with Gasteiger partial charge in [-0.15, -0.1) is 0 Å². The van der Waals surface area contributed by atoms with Gasteiger partial charge in [-0.25, -0.2) is 37.4 Å². The molecule has 2 amide bonds. The summed E-state index contributed by atoms with van der Waals surface area (Å²) in [6, 6.07) is 4.46. The van der Waals surface area contributed by atoms with E-state index >= 15 is 8.78 Å². The van der Waals surface area contributed by atoms with Crippen molar-refractivity contribution in [1.82, 2.24) is 59.8 Å². The molecule has 24 heteroatoms. The number of fused-ring (bicyclic) bond motifs is 2. The maximum Gasteiger partial charge on any atom is 0.407 e. The number of carbonyl (C=O) groups excluding carboxylic acids is 2. The molecule has 3 fully saturated rings. The van der Waals surface area contributed by atoms with Crippen LogP contribution >= 0.6 is 15.9 Å². The summed E-state index contributed by atoms with van der Waals surface area (Å²) < 4.78 is 65.3. The van der Waals surface area contributed by atoms with E-state index in [1.807, 2.05) is 12.3 Å². The molecule has 0 aromatic carbocycles. The number of carbonyl (C=O) groups is 2. The Hall–Kier alpha value is -5.98. The summed E-state index contributed by atoms with van der Waals surface area (Å²) in [5.74, 6) is 1.33. The van der Waals surface area contributed by atoms with Gasteiger partial charge in [0.1, 0.15) is 23.2 Å². The highest BCUT2D eigenvalue weighted by Gasteiger charge is 2.49. The van der Waals surface area contributed by atoms with Crippen LogP contribution in [0, 0.1) is 0 Å². The molecule has 3 aliphatic rings. The van der Waals surface area contributed by atoms with Crippen molar-refractivity contribution in [2.24, 2.45) is 0 Å². The summed E-state index contributed by atoms with van der Waals surface area (Å²) >= 11 is 3.53. The van der Waals surface area contributed by atoms with E-state index < -0.39 is 48.9 Å². The zero-order valence-electron chi connectivity index (χ0n) is 34.7. The number of nitrogens with one attached hydrogen (secondary N) is 5. The second-order valence-corrected chi connectivity index (χ2v) is 17.0. The number of alkyl carbamates (subject to hydrolysis) is 2. The van der Waals surface area contributed by atoms with Crippen LogP contribution in [0.25, 0.3) is 11.0 Å². The van der Waals surface area contributed by atoms with Crippen LogP contribution in [0.4, 0.5) is 41.6 Å². The highest BCUT2D eigenvalue weighted by Crippen LogP contribution is 2.53. The summed E-state index contributed by atoms with van der Waals surface area (Å²) in [4.78, 5) is 34.1. The van der Waals surface area contributed by atoms with Crippen molar-refractivity contribution < 1.29 is 42.1 Å². The molecule has 8 heterocycles. The van der Waals surface area contributed by atoms with Crippen LogP contribution < -0.4 is 21.3 Å². The maximum absolute atomic E-state index is 16.3. The van der Waals surface area contributed by atoms with Crippen LogP contribution in [0.15, 0.2) is 47.5 Å². The average Bonchev–Trinajstić information content (AvgIpc) is 3.85. The fraction of sp³-hybridized carbons (Fsp3) is 0.487. The summed E-state index contributed by atoms with van der Waals surface area (Å²) in [7, 11) is 1.57. The lowest BCUT2D eigenvalue weighted by molar-refractivity contribution is 0.0610. The third kappa shape index (κ3) is 8.71. The van der Waals surface area contributed by atoms with Gasteiger partial charge in [0.05, 0.1) is 65.5 Å². The van der Waals surface area contributed by atoms with Crippen LogP contribution in [-0.2, 0) is 30.3 Å². The number of H-pyrrole nitrogens is 1. The van der Waals surface area contributed by atoms with Crippen molar-refractivity contribution in [3.8, 4) is 0 Å². The quantitative estimate of drug-likeness (QED) is 0.0889. The number of anilines is 4. The monoisotopic (exact) mass is 938 g/mol. The highest BCUT2D eigenvalue weighted by molar-refractivity contribution is 9.10. The van der Waals surface area contributed by atoms with Crippen LogP contribution in [0.1, 0.15) is 81.1 Å². The summed E-state index contributed by atoms with van der Waals surface area (Å²) in [6.45, 7) is 7.06. The largest absolute Gasteiger partial charge is 0.441 e. The number of aromatic nitrogens is 10. The Labute approximate surface area is 366 Å². The van der Waals surface area contributed by atoms with Gasteiger partial charge >= 0.3 is 12.2 Å². The van der Waals surface area contributed by atoms with Gasteiger partial charge in [0, 0.05) is 49.6 Å². The normalized spacial score (nSPS) is 24.4. The van der Waals surface area contributed by atoms with Gasteiger partial charge in [-0.2, -0.15) is 20.4 Å². The molecule has 21 nitrogen and oxygen atoms in total. The zero-order chi connectivity index (χ0) is 44.1. The lowest BCUT2D eigenvalue weighted by Crippen LogP contribution is -2.37. The van der Waals surface area contributed by atoms with Gasteiger partial charge in [0.15, 0.2) is 47.8 Å². The van der Waals surface area contributed by atoms with Crippen molar-refractivity contribution in [3.05, 3.63) is 70.2 Å². The molecule has 5 N–H and O–H groups in total. The molecule has 63 heavy (non-hydrogen) atoms. The molecule has 2 aliphatic heterocycles. The third-order valence-corrected chi connectivity index (χ3v) is 11.2. The molecule has 6 aromatic heterocycles. The molecule has 2 saturated heterocycles. The minimum absolute atomic E-state index is 0.127. The van der Waals surface area contributed by atoms with Crippen molar-refractivity contribution in [2.75, 3.05) is 31.0 Å². The first-order chi connectivity index (χ1) is 30.3. The Morgan fingerprint density at radius 2 is 1.63 bits per heavy atom. The molecule has 9 rings (SSSR count). The second-order valence-electron chi connectivity index (χ2n) is 16.1. The van der Waals surface area contributed by atoms with Gasteiger partial charge in [0.25, 0.3) is 0 Å². The molecule has 0 bridgehead atoms. The third-order valence-electron chi connectivity index (χ3n) is 10.6. The minimum Gasteiger partial charge on any atom is -0.441 e. The Kier molecular flexibility index (Phi) is 11.6. The average molecular weight is 940 g/mol. The van der Waals surface area contributed by atoms with Crippen LogP contribution in [0.3, 0.4) is 0 Å². The molecular formula is C39H45BrF2N14O7. The summed E-state index contributed by atoms with van der Waals surface area (Å²) in [5.41, 5.74) is 3.32. The number of amides is 2. The number of alkyl halides is 2. The number of nitrogens with zero attached hydrogens (tertiary/aromatic N) is 9. The van der Waals surface area contributed by atoms with Crippen molar-refractivity contribution in [3.63, 3.8) is 0 Å². The Morgan fingerprint density at radius 3 is 2.35 bits per heavy atom. The van der Waals surface area contributed by atoms with Crippen LogP contribution in [-0.4, -0.2) is 118 Å². The fourth-order valence-corrected chi connectivity index (χ4v) is 8.19. The Morgan fingerprint density at radius 1 is 0.937 bits per heavy atom. The standard InChI is InChI=1S/C39H45BrF2N14O7/c1-17(2)45-38(57)62-27-15-60-34(31(27)41)22-10-29(51-50-22)48-36-26-8-19(14-59-5)52-55(26)13-23(47-36)20-9-24(20)56-25(35-32(42)28(16-61-35)63-39(58)46-18(3)4)11-30(53-56)49-37-33-21(40)12-44-54(33)7-6-43-37/h6-8,10-13,17-18,20,24,27-28,31-32,34-35H,9,14-16H2,1-5H3,(H,45,57)(H,46,58)(H,43,49,53)(H2,47,48,50,51)/t20?,24?,27-,28-,31+,32-,34-,35-/m0/s1. The van der Waals surface area contributed by atoms with Crippen molar-refractivity contribution >= 4 is 62.4 Å². The van der Waals surface area contributed by atoms with E-state index in [4.69, 9.17) is 38.9 Å². The van der Waals surface area contributed by atoms with E-state index in [2.05, 4.69) is 57.5 Å². The molecule has 2 unspecified atom stereocenters. The maximum atomic E-state index is 16.3. The highest BCUT2D eigenvalue weighted by atomic mass is 79.9. The van der Waals surface area contributed by atoms with Crippen molar-refractivity contribution in [1.29, 1.82) is 0 Å². The number of hydrogen-bond donors (Lipinski definition) is 5. The first-order valence-electron chi connectivity index (χ1n) is 20.3. The zero-order valence-corrected chi connectivity index (χ0v) is 36.2. The predicted octanol–water partition coefficient (Wildman–Crippen LogP) is 5.64. The number of ether oxygens (including phenoxy) is 5. The molecule has 8 atom stereocenters. The van der Waals surface area contributed by atoms with Crippen molar-refractivity contribution in [2.45, 2.75) is 102 Å². The number of hydrogen-bond acceptors (Lipinski definition) is 15. The van der Waals surface area contributed by atoms with Crippen LogP contribution in [0.5, 0.6) is 0 Å². The number of halogens is 3. The van der Waals surface area contributed by atoms with E-state index in [-0.39, 0.29) is 43.9 Å². The van der Waals surface area contributed by atoms with Gasteiger partial charge in [0.2, 0.25) is 0 Å². The van der Waals surface area contributed by atoms with E-state index in [1.165, 1.54) is 0 Å². The van der Waals surface area contributed by atoms with E-state index in [0.29, 0.717) is 68.0 Å². The van der Waals surface area contributed by atoms with E-state index in [0.717, 1.165) is 0 Å². The molecule has 334 valence electrons. The Balaban J connectivity index is 0.995. The fourth-order valence-electron chi connectivity index (χ4n) is 7.73. The minimum atomic E-state index is -1.70. The van der Waals surface area contributed by atoms with E-state index in [1.54, 1.807) is 79.2 Å².